The molecule has 2 aromatic rings. The van der Waals surface area contributed by atoms with Crippen molar-refractivity contribution >= 4 is 5.96 Å². The summed E-state index contributed by atoms with van der Waals surface area (Å²) in [6, 6.07) is 8.33. The van der Waals surface area contributed by atoms with Crippen molar-refractivity contribution in [2.45, 2.75) is 40.0 Å². The molecule has 1 atom stereocenters. The van der Waals surface area contributed by atoms with Crippen LogP contribution in [0.5, 0.6) is 0 Å². The van der Waals surface area contributed by atoms with E-state index in [1.807, 2.05) is 19.9 Å². The van der Waals surface area contributed by atoms with Crippen LogP contribution in [0, 0.1) is 6.92 Å². The molecule has 0 spiro atoms. The maximum atomic E-state index is 5.44. The van der Waals surface area contributed by atoms with Crippen LogP contribution in [0.15, 0.2) is 33.8 Å². The van der Waals surface area contributed by atoms with Gasteiger partial charge in [-0.3, -0.25) is 4.99 Å². The van der Waals surface area contributed by atoms with Gasteiger partial charge in [-0.1, -0.05) is 35.0 Å². The quantitative estimate of drug-likeness (QED) is 0.598. The Labute approximate surface area is 142 Å². The summed E-state index contributed by atoms with van der Waals surface area (Å²) in [6.45, 7) is 7.61. The Morgan fingerprint density at radius 1 is 1.33 bits per heavy atom. The fraction of sp³-hybridized carbons (Fsp3) is 0.471. The van der Waals surface area contributed by atoms with Gasteiger partial charge in [0.15, 0.2) is 11.8 Å². The Kier molecular flexibility index (Phi) is 6.74. The van der Waals surface area contributed by atoms with E-state index in [9.17, 15) is 0 Å². The number of benzene rings is 1. The Morgan fingerprint density at radius 3 is 2.83 bits per heavy atom. The largest absolute Gasteiger partial charge is 0.371 e. The molecule has 1 heterocycles. The van der Waals surface area contributed by atoms with Crippen LogP contribution < -0.4 is 10.6 Å². The lowest BCUT2D eigenvalue weighted by molar-refractivity contribution is 0.0683. The molecule has 1 unspecified atom stereocenters. The zero-order chi connectivity index (χ0) is 17.4. The number of aliphatic imine (C=N–C) groups is 1. The monoisotopic (exact) mass is 331 g/mol. The molecule has 0 aliphatic rings. The van der Waals surface area contributed by atoms with Crippen molar-refractivity contribution in [2.24, 2.45) is 4.99 Å². The number of rotatable bonds is 7. The number of nitrogens with zero attached hydrogens (tertiary/aromatic N) is 3. The molecule has 0 amide bonds. The van der Waals surface area contributed by atoms with Gasteiger partial charge in [0.2, 0.25) is 5.89 Å². The van der Waals surface area contributed by atoms with E-state index < -0.39 is 0 Å². The number of hydrogen-bond donors (Lipinski definition) is 2. The first kappa shape index (κ1) is 17.9. The molecule has 2 rings (SSSR count). The maximum absolute atomic E-state index is 5.44. The van der Waals surface area contributed by atoms with Gasteiger partial charge in [-0.2, -0.15) is 4.98 Å². The smallest absolute Gasteiger partial charge is 0.246 e. The summed E-state index contributed by atoms with van der Waals surface area (Å²) in [4.78, 5) is 8.51. The van der Waals surface area contributed by atoms with Crippen LogP contribution in [0.2, 0.25) is 0 Å². The molecule has 0 saturated heterocycles. The number of nitrogens with one attached hydrogen (secondary N) is 2. The third-order valence-electron chi connectivity index (χ3n) is 3.44. The van der Waals surface area contributed by atoms with Crippen LogP contribution in [0.1, 0.15) is 42.8 Å². The van der Waals surface area contributed by atoms with Crippen LogP contribution in [0.3, 0.4) is 0 Å². The van der Waals surface area contributed by atoms with Crippen LogP contribution in [-0.2, 0) is 17.8 Å². The van der Waals surface area contributed by atoms with Crippen LogP contribution in [0.4, 0.5) is 0 Å². The molecular weight excluding hydrogens is 306 g/mol. The Hall–Kier alpha value is -2.41. The van der Waals surface area contributed by atoms with Crippen molar-refractivity contribution in [1.29, 1.82) is 0 Å². The average Bonchev–Trinajstić information content (AvgIpc) is 3.04. The van der Waals surface area contributed by atoms with E-state index >= 15 is 0 Å². The van der Waals surface area contributed by atoms with E-state index in [4.69, 9.17) is 9.26 Å². The molecule has 7 nitrogen and oxygen atoms in total. The molecule has 0 aliphatic heterocycles. The minimum Gasteiger partial charge on any atom is -0.371 e. The van der Waals surface area contributed by atoms with Gasteiger partial charge in [-0.05, 0) is 26.3 Å². The van der Waals surface area contributed by atoms with Crippen molar-refractivity contribution in [2.75, 3.05) is 13.7 Å². The Balaban J connectivity index is 1.83. The number of ether oxygens (including phenoxy) is 1. The predicted molar refractivity (Wildman–Crippen MR) is 92.6 cm³/mol. The molecular formula is C17H25N5O2. The van der Waals surface area contributed by atoms with Crippen LogP contribution in [0.25, 0.3) is 0 Å². The highest BCUT2D eigenvalue weighted by atomic mass is 16.5. The third-order valence-corrected chi connectivity index (χ3v) is 3.44. The van der Waals surface area contributed by atoms with Crippen LogP contribution >= 0.6 is 0 Å². The summed E-state index contributed by atoms with van der Waals surface area (Å²) in [5, 5.41) is 10.3. The summed E-state index contributed by atoms with van der Waals surface area (Å²) >= 11 is 0. The van der Waals surface area contributed by atoms with Gasteiger partial charge >= 0.3 is 0 Å². The second-order valence-electron chi connectivity index (χ2n) is 5.41. The average molecular weight is 331 g/mol. The zero-order valence-corrected chi connectivity index (χ0v) is 14.7. The fourth-order valence-electron chi connectivity index (χ4n) is 2.22. The highest BCUT2D eigenvalue weighted by Gasteiger charge is 2.13. The van der Waals surface area contributed by atoms with Gasteiger partial charge in [0, 0.05) is 20.2 Å². The normalized spacial score (nSPS) is 12.9. The van der Waals surface area contributed by atoms with Gasteiger partial charge in [-0.25, -0.2) is 0 Å². The Bertz CT molecular complexity index is 669. The van der Waals surface area contributed by atoms with Gasteiger partial charge in [0.25, 0.3) is 0 Å². The van der Waals surface area contributed by atoms with E-state index in [1.165, 1.54) is 11.1 Å². The maximum Gasteiger partial charge on any atom is 0.246 e. The minimum absolute atomic E-state index is 0.175. The molecule has 130 valence electrons. The van der Waals surface area contributed by atoms with E-state index in [2.05, 4.69) is 50.9 Å². The second-order valence-corrected chi connectivity index (χ2v) is 5.41. The molecule has 0 aliphatic carbocycles. The lowest BCUT2D eigenvalue weighted by atomic mass is 10.1. The standard InChI is InChI=1S/C17H25N5O2/c1-5-23-13(3)16-21-15(24-22-16)11-20-17(18-4)19-10-14-8-6-7-12(2)9-14/h6-9,13H,5,10-11H2,1-4H3,(H2,18,19,20). The summed E-state index contributed by atoms with van der Waals surface area (Å²) in [5.74, 6) is 1.72. The first-order chi connectivity index (χ1) is 11.6. The van der Waals surface area contributed by atoms with E-state index in [1.54, 1.807) is 7.05 Å². The molecule has 2 N–H and O–H groups in total. The van der Waals surface area contributed by atoms with Crippen LogP contribution in [-0.4, -0.2) is 29.8 Å². The van der Waals surface area contributed by atoms with Gasteiger partial charge < -0.3 is 19.9 Å². The summed E-state index contributed by atoms with van der Waals surface area (Å²) in [7, 11) is 1.72. The minimum atomic E-state index is -0.175. The number of aryl methyl sites for hydroxylation is 1. The molecule has 7 heteroatoms. The molecule has 1 aromatic carbocycles. The second kappa shape index (κ2) is 9.02. The summed E-state index contributed by atoms with van der Waals surface area (Å²) in [5.41, 5.74) is 2.43. The molecule has 0 bridgehead atoms. The first-order valence-electron chi connectivity index (χ1n) is 8.06. The van der Waals surface area contributed by atoms with Gasteiger partial charge in [-0.15, -0.1) is 0 Å². The molecule has 24 heavy (non-hydrogen) atoms. The molecule has 0 radical (unpaired) electrons. The third kappa shape index (κ3) is 5.34. The van der Waals surface area contributed by atoms with E-state index in [0.29, 0.717) is 37.4 Å². The number of hydrogen-bond acceptors (Lipinski definition) is 5. The van der Waals surface area contributed by atoms with E-state index in [-0.39, 0.29) is 6.10 Å². The summed E-state index contributed by atoms with van der Waals surface area (Å²) < 4.78 is 10.7. The van der Waals surface area contributed by atoms with Crippen molar-refractivity contribution < 1.29 is 9.26 Å². The fourth-order valence-corrected chi connectivity index (χ4v) is 2.22. The number of aromatic nitrogens is 2. The molecule has 0 fully saturated rings. The number of guanidine groups is 1. The van der Waals surface area contributed by atoms with Crippen molar-refractivity contribution in [3.8, 4) is 0 Å². The first-order valence-corrected chi connectivity index (χ1v) is 8.06. The van der Waals surface area contributed by atoms with Crippen molar-refractivity contribution in [3.63, 3.8) is 0 Å². The van der Waals surface area contributed by atoms with Gasteiger partial charge in [0.1, 0.15) is 6.10 Å². The highest BCUT2D eigenvalue weighted by molar-refractivity contribution is 5.79. The SMILES string of the molecule is CCOC(C)c1noc(CNC(=NC)NCc2cccc(C)c2)n1. The lowest BCUT2D eigenvalue weighted by Gasteiger charge is -2.10. The summed E-state index contributed by atoms with van der Waals surface area (Å²) in [6.07, 6.45) is -0.175. The zero-order valence-electron chi connectivity index (χ0n) is 14.7. The van der Waals surface area contributed by atoms with E-state index in [0.717, 1.165) is 0 Å². The molecule has 0 saturated carbocycles. The van der Waals surface area contributed by atoms with Crippen molar-refractivity contribution in [1.82, 2.24) is 20.8 Å². The highest BCUT2D eigenvalue weighted by Crippen LogP contribution is 2.12. The van der Waals surface area contributed by atoms with Gasteiger partial charge in [0.05, 0.1) is 6.54 Å². The predicted octanol–water partition coefficient (Wildman–Crippen LogP) is 2.34. The molecule has 1 aromatic heterocycles. The van der Waals surface area contributed by atoms with Crippen molar-refractivity contribution in [3.05, 3.63) is 47.1 Å². The Morgan fingerprint density at radius 2 is 2.12 bits per heavy atom. The lowest BCUT2D eigenvalue weighted by Crippen LogP contribution is -2.36. The topological polar surface area (TPSA) is 84.6 Å².